The smallest absolute Gasteiger partial charge is 0.279 e. The van der Waals surface area contributed by atoms with Crippen LogP contribution in [0.2, 0.25) is 0 Å². The zero-order valence-electron chi connectivity index (χ0n) is 19.7. The van der Waals surface area contributed by atoms with Crippen LogP contribution >= 0.6 is 0 Å². The number of nitrogens with one attached hydrogen (secondary N) is 2. The molecule has 180 valence electrons. The fourth-order valence-corrected chi connectivity index (χ4v) is 6.08. The lowest BCUT2D eigenvalue weighted by atomic mass is 9.88. The molecule has 1 amide bonds. The molecule has 2 atom stereocenters. The van der Waals surface area contributed by atoms with Crippen molar-refractivity contribution in [2.24, 2.45) is 11.5 Å². The highest BCUT2D eigenvalue weighted by atomic mass is 16.6. The molecular formula is C27H35N5O2. The van der Waals surface area contributed by atoms with Gasteiger partial charge in [-0.05, 0) is 62.5 Å². The van der Waals surface area contributed by atoms with E-state index in [0.717, 1.165) is 56.1 Å². The molecule has 0 spiro atoms. The minimum absolute atomic E-state index is 0.0710. The third-order valence-corrected chi connectivity index (χ3v) is 8.04. The predicted octanol–water partition coefficient (Wildman–Crippen LogP) is 3.17. The molecule has 0 radical (unpaired) electrons. The number of hydrogen-bond acceptors (Lipinski definition) is 4. The number of carbonyl (C=O) groups is 1. The summed E-state index contributed by atoms with van der Waals surface area (Å²) in [5.74, 6) is -0.251. The first-order chi connectivity index (χ1) is 16.3. The van der Waals surface area contributed by atoms with Crippen molar-refractivity contribution in [1.29, 1.82) is 5.41 Å². The van der Waals surface area contributed by atoms with Gasteiger partial charge in [0.1, 0.15) is 18.1 Å². The topological polar surface area (TPSA) is 128 Å². The highest BCUT2D eigenvalue weighted by molar-refractivity contribution is 5.96. The van der Waals surface area contributed by atoms with Crippen LogP contribution in [0.3, 0.4) is 0 Å². The maximum absolute atomic E-state index is 14.8. The quantitative estimate of drug-likeness (QED) is 0.236. The summed E-state index contributed by atoms with van der Waals surface area (Å²) in [5.41, 5.74) is 17.4. The van der Waals surface area contributed by atoms with Crippen LogP contribution in [0.25, 0.3) is 0 Å². The van der Waals surface area contributed by atoms with Gasteiger partial charge in [-0.15, -0.1) is 0 Å². The Labute approximate surface area is 201 Å². The minimum atomic E-state index is -0.757. The molecule has 2 unspecified atom stereocenters. The standard InChI is InChI=1S/C27H35N5O2/c28-21-10-12-22(13-11-21)31-27(33)25-14-18-8-9-19(26(29)30)15-24(18)32(25,34)16-20-6-3-5-17-4-1-2-7-23(17)20/h3,5-6,8-9,15,21-22,25H,1-2,4,7,10-14,16,28H2,(H3,29,30)(H,31,33). The zero-order valence-corrected chi connectivity index (χ0v) is 19.7. The van der Waals surface area contributed by atoms with Gasteiger partial charge in [-0.3, -0.25) is 10.2 Å². The average Bonchev–Trinajstić information content (AvgIpc) is 3.12. The van der Waals surface area contributed by atoms with Gasteiger partial charge in [0.25, 0.3) is 5.91 Å². The SMILES string of the molecule is N=C(N)c1ccc2c(c1)[N+]([O-])(Cc1cccc3c1CCCC3)C(C(=O)NC1CCC(N)CC1)C2. The Morgan fingerprint density at radius 1 is 1.09 bits per heavy atom. The largest absolute Gasteiger partial charge is 0.627 e. The second kappa shape index (κ2) is 9.13. The van der Waals surface area contributed by atoms with Crippen LogP contribution in [0.15, 0.2) is 36.4 Å². The molecule has 3 aliphatic rings. The number of rotatable bonds is 5. The molecule has 0 bridgehead atoms. The Bertz CT molecular complexity index is 1110. The average molecular weight is 462 g/mol. The van der Waals surface area contributed by atoms with E-state index in [1.165, 1.54) is 17.5 Å². The first-order valence-corrected chi connectivity index (χ1v) is 12.6. The molecule has 1 saturated carbocycles. The fraction of sp³-hybridized carbons (Fsp3) is 0.481. The summed E-state index contributed by atoms with van der Waals surface area (Å²) in [7, 11) is 0. The molecular weight excluding hydrogens is 426 g/mol. The van der Waals surface area contributed by atoms with Gasteiger partial charge in [0.15, 0.2) is 6.04 Å². The highest BCUT2D eigenvalue weighted by Crippen LogP contribution is 2.42. The number of hydrogen-bond donors (Lipinski definition) is 4. The fourth-order valence-electron chi connectivity index (χ4n) is 6.08. The second-order valence-electron chi connectivity index (χ2n) is 10.3. The van der Waals surface area contributed by atoms with Crippen molar-refractivity contribution in [3.05, 3.63) is 69.4 Å². The van der Waals surface area contributed by atoms with E-state index in [-0.39, 0.29) is 30.4 Å². The number of quaternary nitrogens is 1. The van der Waals surface area contributed by atoms with Crippen molar-refractivity contribution >= 4 is 17.4 Å². The summed E-state index contributed by atoms with van der Waals surface area (Å²) in [6.07, 6.45) is 8.21. The molecule has 2 aromatic rings. The van der Waals surface area contributed by atoms with Crippen molar-refractivity contribution in [1.82, 2.24) is 9.96 Å². The predicted molar refractivity (Wildman–Crippen MR) is 135 cm³/mol. The molecule has 2 aliphatic carbocycles. The number of aryl methyl sites for hydroxylation is 1. The molecule has 7 nitrogen and oxygen atoms in total. The second-order valence-corrected chi connectivity index (χ2v) is 10.3. The van der Waals surface area contributed by atoms with E-state index >= 15 is 0 Å². The molecule has 2 aromatic carbocycles. The Morgan fingerprint density at radius 3 is 2.62 bits per heavy atom. The summed E-state index contributed by atoms with van der Waals surface area (Å²) in [6, 6.07) is 11.1. The van der Waals surface area contributed by atoms with Crippen molar-refractivity contribution in [3.63, 3.8) is 0 Å². The molecule has 0 aromatic heterocycles. The number of fused-ring (bicyclic) bond motifs is 2. The number of benzene rings is 2. The van der Waals surface area contributed by atoms with Crippen LogP contribution < -0.4 is 21.4 Å². The van der Waals surface area contributed by atoms with E-state index in [0.29, 0.717) is 17.7 Å². The monoisotopic (exact) mass is 461 g/mol. The number of amides is 1. The zero-order chi connectivity index (χ0) is 23.9. The summed E-state index contributed by atoms with van der Waals surface area (Å²) >= 11 is 0. The normalized spacial score (nSPS) is 28.1. The maximum Gasteiger partial charge on any atom is 0.279 e. The van der Waals surface area contributed by atoms with Crippen molar-refractivity contribution in [2.75, 3.05) is 0 Å². The van der Waals surface area contributed by atoms with Gasteiger partial charge in [0.2, 0.25) is 0 Å². The third-order valence-electron chi connectivity index (χ3n) is 8.04. The van der Waals surface area contributed by atoms with Gasteiger partial charge in [-0.2, -0.15) is 0 Å². The lowest BCUT2D eigenvalue weighted by Crippen LogP contribution is -2.58. The lowest BCUT2D eigenvalue weighted by molar-refractivity contribution is -0.126. The van der Waals surface area contributed by atoms with Crippen LogP contribution in [-0.4, -0.2) is 29.9 Å². The van der Waals surface area contributed by atoms with Crippen molar-refractivity contribution in [2.45, 2.75) is 82.5 Å². The summed E-state index contributed by atoms with van der Waals surface area (Å²) < 4.78 is -0.731. The summed E-state index contributed by atoms with van der Waals surface area (Å²) in [6.45, 7) is 0.213. The molecule has 0 saturated heterocycles. The molecule has 5 rings (SSSR count). The third kappa shape index (κ3) is 4.24. The highest BCUT2D eigenvalue weighted by Gasteiger charge is 2.46. The van der Waals surface area contributed by atoms with E-state index in [2.05, 4.69) is 11.4 Å². The van der Waals surface area contributed by atoms with Gasteiger partial charge in [-0.1, -0.05) is 30.3 Å². The van der Waals surface area contributed by atoms with Crippen LogP contribution in [-0.2, 0) is 30.6 Å². The van der Waals surface area contributed by atoms with Crippen molar-refractivity contribution in [3.8, 4) is 0 Å². The van der Waals surface area contributed by atoms with Crippen LogP contribution in [0, 0.1) is 10.6 Å². The van der Waals surface area contributed by atoms with Gasteiger partial charge in [0, 0.05) is 41.3 Å². The van der Waals surface area contributed by atoms with E-state index in [1.54, 1.807) is 12.1 Å². The first kappa shape index (κ1) is 23.0. The first-order valence-electron chi connectivity index (χ1n) is 12.6. The summed E-state index contributed by atoms with van der Waals surface area (Å²) in [5, 5.41) is 25.8. The van der Waals surface area contributed by atoms with Crippen LogP contribution in [0.5, 0.6) is 0 Å². The number of nitrogen functional groups attached to an aromatic ring is 1. The Balaban J connectivity index is 1.50. The number of nitrogens with two attached hydrogens (primary N) is 2. The molecule has 7 heteroatoms. The van der Waals surface area contributed by atoms with E-state index in [1.807, 2.05) is 18.2 Å². The number of carbonyl (C=O) groups excluding carboxylic acids is 1. The van der Waals surface area contributed by atoms with Crippen molar-refractivity contribution < 1.29 is 4.79 Å². The molecule has 6 N–H and O–H groups in total. The Kier molecular flexibility index (Phi) is 6.18. The lowest BCUT2D eigenvalue weighted by Gasteiger charge is -2.44. The number of nitrogens with zero attached hydrogens (tertiary/aromatic N) is 1. The van der Waals surface area contributed by atoms with E-state index < -0.39 is 10.7 Å². The molecule has 34 heavy (non-hydrogen) atoms. The van der Waals surface area contributed by atoms with E-state index in [4.69, 9.17) is 16.9 Å². The molecule has 1 fully saturated rings. The van der Waals surface area contributed by atoms with Gasteiger partial charge in [-0.25, -0.2) is 0 Å². The van der Waals surface area contributed by atoms with E-state index in [9.17, 15) is 10.0 Å². The number of hydroxylamine groups is 2. The maximum atomic E-state index is 14.8. The minimum Gasteiger partial charge on any atom is -0.627 e. The molecule has 1 aliphatic heterocycles. The van der Waals surface area contributed by atoms with Gasteiger partial charge in [0.05, 0.1) is 0 Å². The Morgan fingerprint density at radius 2 is 1.85 bits per heavy atom. The summed E-state index contributed by atoms with van der Waals surface area (Å²) in [4.78, 5) is 13.6. The van der Waals surface area contributed by atoms with Gasteiger partial charge >= 0.3 is 0 Å². The Hall–Kier alpha value is -2.74. The van der Waals surface area contributed by atoms with Crippen LogP contribution in [0.1, 0.15) is 66.3 Å². The number of amidine groups is 1. The van der Waals surface area contributed by atoms with Crippen LogP contribution in [0.4, 0.5) is 5.69 Å². The molecule has 1 heterocycles. The van der Waals surface area contributed by atoms with Gasteiger partial charge < -0.3 is 26.6 Å².